The van der Waals surface area contributed by atoms with Crippen LogP contribution in [0.15, 0.2) is 6.07 Å². The summed E-state index contributed by atoms with van der Waals surface area (Å²) in [5, 5.41) is 3.85. The van der Waals surface area contributed by atoms with Gasteiger partial charge in [0.2, 0.25) is 0 Å². The Bertz CT molecular complexity index is 338. The molecule has 1 heterocycles. The highest BCUT2D eigenvalue weighted by Gasteiger charge is 2.24. The molecule has 0 bridgehead atoms. The van der Waals surface area contributed by atoms with Gasteiger partial charge in [-0.2, -0.15) is 11.8 Å². The Morgan fingerprint density at radius 3 is 2.47 bits per heavy atom. The highest BCUT2D eigenvalue weighted by molar-refractivity contribution is 8.00. The lowest BCUT2D eigenvalue weighted by Gasteiger charge is -2.30. The number of nitrogens with zero attached hydrogens (tertiary/aromatic N) is 2. The third-order valence-corrected chi connectivity index (χ3v) is 4.90. The summed E-state index contributed by atoms with van der Waals surface area (Å²) in [7, 11) is 0. The minimum Gasteiger partial charge on any atom is -0.369 e. The molecule has 0 atom stereocenters. The standard InChI is InChI=1S/C12H20ClN3S/c1-5-12(6-2,17-4)8-14-11-7-10(13)15-9(3)16-11/h7H,5-6,8H2,1-4H3,(H,14,15,16). The minimum absolute atomic E-state index is 0.269. The van der Waals surface area contributed by atoms with Gasteiger partial charge < -0.3 is 5.32 Å². The van der Waals surface area contributed by atoms with E-state index < -0.39 is 0 Å². The largest absolute Gasteiger partial charge is 0.369 e. The molecule has 0 amide bonds. The van der Waals surface area contributed by atoms with Crippen molar-refractivity contribution in [2.45, 2.75) is 38.4 Å². The molecule has 5 heteroatoms. The van der Waals surface area contributed by atoms with E-state index in [-0.39, 0.29) is 4.75 Å². The first-order chi connectivity index (χ1) is 8.05. The molecule has 1 rings (SSSR count). The Balaban J connectivity index is 2.71. The summed E-state index contributed by atoms with van der Waals surface area (Å²) in [6.45, 7) is 7.19. The maximum Gasteiger partial charge on any atom is 0.134 e. The average molecular weight is 274 g/mol. The Labute approximate surface area is 113 Å². The van der Waals surface area contributed by atoms with Gasteiger partial charge in [0.1, 0.15) is 16.8 Å². The van der Waals surface area contributed by atoms with Crippen molar-refractivity contribution in [3.05, 3.63) is 17.0 Å². The second kappa shape index (κ2) is 6.45. The van der Waals surface area contributed by atoms with E-state index in [0.29, 0.717) is 11.0 Å². The third kappa shape index (κ3) is 4.03. The molecule has 96 valence electrons. The minimum atomic E-state index is 0.269. The van der Waals surface area contributed by atoms with E-state index in [1.165, 1.54) is 0 Å². The zero-order valence-electron chi connectivity index (χ0n) is 10.9. The quantitative estimate of drug-likeness (QED) is 0.801. The smallest absolute Gasteiger partial charge is 0.134 e. The predicted molar refractivity (Wildman–Crippen MR) is 77.1 cm³/mol. The Hall–Kier alpha value is -0.480. The fraction of sp³-hybridized carbons (Fsp3) is 0.667. The summed E-state index contributed by atoms with van der Waals surface area (Å²) in [5.74, 6) is 1.51. The molecule has 3 nitrogen and oxygen atoms in total. The molecular weight excluding hydrogens is 254 g/mol. The molecule has 17 heavy (non-hydrogen) atoms. The Kier molecular flexibility index (Phi) is 5.53. The van der Waals surface area contributed by atoms with Crippen LogP contribution in [-0.2, 0) is 0 Å². The van der Waals surface area contributed by atoms with Crippen LogP contribution in [0.3, 0.4) is 0 Å². The van der Waals surface area contributed by atoms with Crippen LogP contribution in [-0.4, -0.2) is 27.5 Å². The number of halogens is 1. The molecular formula is C12H20ClN3S. The molecule has 0 saturated heterocycles. The van der Waals surface area contributed by atoms with Crippen molar-refractivity contribution in [1.82, 2.24) is 9.97 Å². The summed E-state index contributed by atoms with van der Waals surface area (Å²) in [6, 6.07) is 1.77. The first-order valence-electron chi connectivity index (χ1n) is 5.85. The van der Waals surface area contributed by atoms with Gasteiger partial charge in [0.15, 0.2) is 0 Å². The number of thioether (sulfide) groups is 1. The maximum atomic E-state index is 5.91. The van der Waals surface area contributed by atoms with E-state index in [1.807, 2.05) is 18.7 Å². The van der Waals surface area contributed by atoms with Crippen molar-refractivity contribution in [1.29, 1.82) is 0 Å². The molecule has 0 fully saturated rings. The van der Waals surface area contributed by atoms with Gasteiger partial charge in [0.05, 0.1) is 0 Å². The molecule has 1 aromatic rings. The average Bonchev–Trinajstić information content (AvgIpc) is 2.30. The van der Waals surface area contributed by atoms with Crippen LogP contribution in [0, 0.1) is 6.92 Å². The number of anilines is 1. The summed E-state index contributed by atoms with van der Waals surface area (Å²) >= 11 is 7.81. The summed E-state index contributed by atoms with van der Waals surface area (Å²) in [6.07, 6.45) is 4.43. The van der Waals surface area contributed by atoms with Gasteiger partial charge in [0.25, 0.3) is 0 Å². The first kappa shape index (κ1) is 14.6. The van der Waals surface area contributed by atoms with E-state index in [4.69, 9.17) is 11.6 Å². The highest BCUT2D eigenvalue weighted by Crippen LogP contribution is 2.30. The van der Waals surface area contributed by atoms with Gasteiger partial charge in [-0.25, -0.2) is 9.97 Å². The van der Waals surface area contributed by atoms with Gasteiger partial charge in [-0.1, -0.05) is 25.4 Å². The maximum absolute atomic E-state index is 5.91. The van der Waals surface area contributed by atoms with Crippen LogP contribution >= 0.6 is 23.4 Å². The molecule has 0 saturated carbocycles. The topological polar surface area (TPSA) is 37.8 Å². The molecule has 0 radical (unpaired) electrons. The number of rotatable bonds is 6. The van der Waals surface area contributed by atoms with Crippen LogP contribution in [0.4, 0.5) is 5.82 Å². The first-order valence-corrected chi connectivity index (χ1v) is 7.45. The second-order valence-electron chi connectivity index (χ2n) is 4.07. The van der Waals surface area contributed by atoms with Crippen LogP contribution in [0.25, 0.3) is 0 Å². The lowest BCUT2D eigenvalue weighted by Crippen LogP contribution is -2.32. The molecule has 0 unspecified atom stereocenters. The van der Waals surface area contributed by atoms with Crippen LogP contribution in [0.1, 0.15) is 32.5 Å². The normalized spacial score (nSPS) is 11.6. The number of hydrogen-bond donors (Lipinski definition) is 1. The van der Waals surface area contributed by atoms with E-state index >= 15 is 0 Å². The SMILES string of the molecule is CCC(CC)(CNc1cc(Cl)nc(C)n1)SC. The molecule has 1 N–H and O–H groups in total. The lowest BCUT2D eigenvalue weighted by atomic mass is 10.0. The zero-order chi connectivity index (χ0) is 12.9. The lowest BCUT2D eigenvalue weighted by molar-refractivity contribution is 0.574. The molecule has 1 aromatic heterocycles. The third-order valence-electron chi connectivity index (χ3n) is 3.12. The van der Waals surface area contributed by atoms with Gasteiger partial charge in [-0.3, -0.25) is 0 Å². The zero-order valence-corrected chi connectivity index (χ0v) is 12.5. The fourth-order valence-electron chi connectivity index (χ4n) is 1.73. The molecule has 0 aliphatic carbocycles. The Morgan fingerprint density at radius 2 is 2.00 bits per heavy atom. The number of aromatic nitrogens is 2. The Morgan fingerprint density at radius 1 is 1.35 bits per heavy atom. The van der Waals surface area contributed by atoms with Crippen LogP contribution in [0.5, 0.6) is 0 Å². The monoisotopic (exact) mass is 273 g/mol. The van der Waals surface area contributed by atoms with Gasteiger partial charge in [0, 0.05) is 17.4 Å². The second-order valence-corrected chi connectivity index (χ2v) is 5.73. The molecule has 0 aromatic carbocycles. The summed E-state index contributed by atoms with van der Waals surface area (Å²) in [4.78, 5) is 8.37. The van der Waals surface area contributed by atoms with Crippen LogP contribution in [0.2, 0.25) is 5.15 Å². The predicted octanol–water partition coefficient (Wildman–Crippen LogP) is 3.77. The van der Waals surface area contributed by atoms with Crippen molar-refractivity contribution in [3.63, 3.8) is 0 Å². The van der Waals surface area contributed by atoms with Crippen molar-refractivity contribution in [2.24, 2.45) is 0 Å². The van der Waals surface area contributed by atoms with E-state index in [1.54, 1.807) is 6.07 Å². The van der Waals surface area contributed by atoms with E-state index in [0.717, 1.165) is 25.2 Å². The summed E-state index contributed by atoms with van der Waals surface area (Å²) < 4.78 is 0.269. The van der Waals surface area contributed by atoms with E-state index in [9.17, 15) is 0 Å². The number of aryl methyl sites for hydroxylation is 1. The van der Waals surface area contributed by atoms with Crippen molar-refractivity contribution in [3.8, 4) is 0 Å². The highest BCUT2D eigenvalue weighted by atomic mass is 35.5. The molecule has 0 aliphatic rings. The van der Waals surface area contributed by atoms with Crippen molar-refractivity contribution < 1.29 is 0 Å². The van der Waals surface area contributed by atoms with Gasteiger partial charge >= 0.3 is 0 Å². The molecule has 0 aliphatic heterocycles. The number of hydrogen-bond acceptors (Lipinski definition) is 4. The van der Waals surface area contributed by atoms with E-state index in [2.05, 4.69) is 35.4 Å². The van der Waals surface area contributed by atoms with Crippen molar-refractivity contribution in [2.75, 3.05) is 18.1 Å². The van der Waals surface area contributed by atoms with Gasteiger partial charge in [-0.05, 0) is 26.0 Å². The fourth-order valence-corrected chi connectivity index (χ4v) is 2.75. The summed E-state index contributed by atoms with van der Waals surface area (Å²) in [5.41, 5.74) is 0. The molecule has 0 spiro atoms. The number of nitrogens with one attached hydrogen (secondary N) is 1. The van der Waals surface area contributed by atoms with Crippen LogP contribution < -0.4 is 5.32 Å². The van der Waals surface area contributed by atoms with Crippen molar-refractivity contribution >= 4 is 29.2 Å². The van der Waals surface area contributed by atoms with Gasteiger partial charge in [-0.15, -0.1) is 0 Å².